The number of carbonyl (C=O) groups excluding carboxylic acids is 2. The lowest BCUT2D eigenvalue weighted by Crippen LogP contribution is -2.02. The lowest BCUT2D eigenvalue weighted by atomic mass is 9.99. The van der Waals surface area contributed by atoms with E-state index in [4.69, 9.17) is 18.3 Å². The molecule has 0 saturated carbocycles. The van der Waals surface area contributed by atoms with E-state index in [9.17, 15) is 9.59 Å². The largest absolute Gasteiger partial charge is 0.485 e. The number of furan rings is 2. The summed E-state index contributed by atoms with van der Waals surface area (Å²) in [5.41, 5.74) is 4.45. The zero-order valence-electron chi connectivity index (χ0n) is 17.6. The second kappa shape index (κ2) is 7.89. The summed E-state index contributed by atoms with van der Waals surface area (Å²) in [6, 6.07) is 14.6. The van der Waals surface area contributed by atoms with Gasteiger partial charge in [0.15, 0.2) is 17.3 Å². The minimum absolute atomic E-state index is 0.0191. The van der Waals surface area contributed by atoms with Crippen LogP contribution in [-0.4, -0.2) is 11.6 Å². The Morgan fingerprint density at radius 2 is 1.34 bits per heavy atom. The number of hydrogen-bond donors (Lipinski definition) is 0. The number of ketones is 2. The summed E-state index contributed by atoms with van der Waals surface area (Å²) in [5.74, 6) is 2.41. The van der Waals surface area contributed by atoms with Crippen molar-refractivity contribution in [1.29, 1.82) is 0 Å². The monoisotopic (exact) mass is 428 g/mol. The summed E-state index contributed by atoms with van der Waals surface area (Å²) in [7, 11) is 0. The third-order valence-electron chi connectivity index (χ3n) is 5.54. The first kappa shape index (κ1) is 19.9. The summed E-state index contributed by atoms with van der Waals surface area (Å²) < 4.78 is 21.6. The molecule has 6 heteroatoms. The predicted octanol–water partition coefficient (Wildman–Crippen LogP) is 5.42. The Kier molecular flexibility index (Phi) is 4.90. The SMILES string of the molecule is Cc1ccc2c(c1)OCc1occc1C2=O.Cc1cccc2c1C(=O)c1ccoc1CO2. The van der Waals surface area contributed by atoms with Crippen molar-refractivity contribution in [3.63, 3.8) is 0 Å². The van der Waals surface area contributed by atoms with Gasteiger partial charge in [-0.2, -0.15) is 0 Å². The van der Waals surface area contributed by atoms with Crippen LogP contribution in [0.15, 0.2) is 69.9 Å². The van der Waals surface area contributed by atoms with Gasteiger partial charge in [-0.1, -0.05) is 18.2 Å². The number of carbonyl (C=O) groups is 2. The molecule has 160 valence electrons. The Morgan fingerprint density at radius 1 is 0.688 bits per heavy atom. The van der Waals surface area contributed by atoms with E-state index in [1.54, 1.807) is 18.2 Å². The predicted molar refractivity (Wildman–Crippen MR) is 115 cm³/mol. The molecule has 2 aliphatic rings. The Balaban J connectivity index is 0.000000135. The minimum atomic E-state index is -0.0312. The Bertz CT molecular complexity index is 1340. The molecule has 2 aromatic carbocycles. The van der Waals surface area contributed by atoms with Crippen molar-refractivity contribution < 1.29 is 27.9 Å². The molecule has 0 N–H and O–H groups in total. The minimum Gasteiger partial charge on any atom is -0.485 e. The third kappa shape index (κ3) is 3.39. The molecule has 4 heterocycles. The van der Waals surface area contributed by atoms with E-state index in [1.807, 2.05) is 44.2 Å². The van der Waals surface area contributed by atoms with Crippen LogP contribution in [0.25, 0.3) is 0 Å². The molecule has 0 atom stereocenters. The molecular weight excluding hydrogens is 408 g/mol. The van der Waals surface area contributed by atoms with Gasteiger partial charge in [0.1, 0.15) is 24.7 Å². The van der Waals surface area contributed by atoms with Crippen molar-refractivity contribution in [3.8, 4) is 11.5 Å². The van der Waals surface area contributed by atoms with E-state index in [1.165, 1.54) is 12.5 Å². The maximum Gasteiger partial charge on any atom is 0.200 e. The zero-order valence-corrected chi connectivity index (χ0v) is 17.6. The number of fused-ring (bicyclic) bond motifs is 4. The molecule has 0 fully saturated rings. The van der Waals surface area contributed by atoms with E-state index in [0.29, 0.717) is 58.5 Å². The van der Waals surface area contributed by atoms with Crippen LogP contribution in [0.1, 0.15) is 54.5 Å². The second-order valence-electron chi connectivity index (χ2n) is 7.70. The van der Waals surface area contributed by atoms with Crippen LogP contribution in [0.2, 0.25) is 0 Å². The van der Waals surface area contributed by atoms with Crippen LogP contribution >= 0.6 is 0 Å². The number of ether oxygens (including phenoxy) is 2. The summed E-state index contributed by atoms with van der Waals surface area (Å²) in [4.78, 5) is 24.4. The molecule has 6 nitrogen and oxygen atoms in total. The molecule has 0 spiro atoms. The normalized spacial score (nSPS) is 13.7. The summed E-state index contributed by atoms with van der Waals surface area (Å²) in [5, 5.41) is 0. The average Bonchev–Trinajstić information content (AvgIpc) is 3.40. The maximum atomic E-state index is 12.3. The van der Waals surface area contributed by atoms with E-state index in [2.05, 4.69) is 0 Å². The molecule has 2 aliphatic heterocycles. The van der Waals surface area contributed by atoms with Crippen molar-refractivity contribution in [2.45, 2.75) is 27.1 Å². The van der Waals surface area contributed by atoms with Gasteiger partial charge in [-0.25, -0.2) is 0 Å². The van der Waals surface area contributed by atoms with E-state index >= 15 is 0 Å². The first-order valence-electron chi connectivity index (χ1n) is 10.2. The van der Waals surface area contributed by atoms with Crippen LogP contribution in [0.4, 0.5) is 0 Å². The highest BCUT2D eigenvalue weighted by molar-refractivity contribution is 6.12. The highest BCUT2D eigenvalue weighted by atomic mass is 16.5. The fraction of sp³-hybridized carbons (Fsp3) is 0.154. The summed E-state index contributed by atoms with van der Waals surface area (Å²) in [6.45, 7) is 4.50. The highest BCUT2D eigenvalue weighted by Crippen LogP contribution is 2.31. The van der Waals surface area contributed by atoms with Gasteiger partial charge < -0.3 is 18.3 Å². The summed E-state index contributed by atoms with van der Waals surface area (Å²) in [6.07, 6.45) is 3.04. The standard InChI is InChI=1S/2C13H10O3/c1-8-2-3-9-11(6-8)16-7-12-10(13(9)14)4-5-15-12;1-8-3-2-4-10-12(8)13(14)9-5-6-15-11(9)7-16-10/h2*2-6H,7H2,1H3. The topological polar surface area (TPSA) is 78.9 Å². The van der Waals surface area contributed by atoms with Crippen molar-refractivity contribution in [2.24, 2.45) is 0 Å². The lowest BCUT2D eigenvalue weighted by Gasteiger charge is -2.07. The summed E-state index contributed by atoms with van der Waals surface area (Å²) >= 11 is 0. The van der Waals surface area contributed by atoms with Gasteiger partial charge >= 0.3 is 0 Å². The van der Waals surface area contributed by atoms with E-state index in [0.717, 1.165) is 11.1 Å². The van der Waals surface area contributed by atoms with Crippen LogP contribution in [-0.2, 0) is 13.2 Å². The van der Waals surface area contributed by atoms with Gasteiger partial charge in [-0.15, -0.1) is 0 Å². The first-order valence-corrected chi connectivity index (χ1v) is 10.2. The van der Waals surface area contributed by atoms with Crippen molar-refractivity contribution in [1.82, 2.24) is 0 Å². The van der Waals surface area contributed by atoms with Gasteiger partial charge in [-0.05, 0) is 55.3 Å². The molecule has 6 rings (SSSR count). The first-order chi connectivity index (χ1) is 15.5. The van der Waals surface area contributed by atoms with Crippen molar-refractivity contribution >= 4 is 11.6 Å². The lowest BCUT2D eigenvalue weighted by molar-refractivity contribution is 0.102. The molecule has 0 saturated heterocycles. The Morgan fingerprint density at radius 3 is 2.06 bits per heavy atom. The van der Waals surface area contributed by atoms with Crippen LogP contribution in [0, 0.1) is 13.8 Å². The van der Waals surface area contributed by atoms with Crippen molar-refractivity contribution in [2.75, 3.05) is 0 Å². The number of rotatable bonds is 0. The number of aryl methyl sites for hydroxylation is 2. The maximum absolute atomic E-state index is 12.3. The molecule has 2 aromatic heterocycles. The quantitative estimate of drug-likeness (QED) is 0.372. The molecule has 0 radical (unpaired) electrons. The van der Waals surface area contributed by atoms with Crippen LogP contribution < -0.4 is 9.47 Å². The van der Waals surface area contributed by atoms with Gasteiger partial charge in [0.25, 0.3) is 0 Å². The fourth-order valence-electron chi connectivity index (χ4n) is 3.86. The Labute approximate surface area is 184 Å². The van der Waals surface area contributed by atoms with Gasteiger partial charge in [0.05, 0.1) is 34.8 Å². The van der Waals surface area contributed by atoms with E-state index in [-0.39, 0.29) is 11.6 Å². The molecule has 32 heavy (non-hydrogen) atoms. The Hall–Kier alpha value is -4.06. The fourth-order valence-corrected chi connectivity index (χ4v) is 3.86. The highest BCUT2D eigenvalue weighted by Gasteiger charge is 2.26. The van der Waals surface area contributed by atoms with Gasteiger partial charge in [0.2, 0.25) is 5.78 Å². The molecular formula is C26H20O6. The third-order valence-corrected chi connectivity index (χ3v) is 5.54. The molecule has 4 aromatic rings. The number of benzene rings is 2. The van der Waals surface area contributed by atoms with Crippen LogP contribution in [0.3, 0.4) is 0 Å². The average molecular weight is 428 g/mol. The number of hydrogen-bond acceptors (Lipinski definition) is 6. The van der Waals surface area contributed by atoms with Crippen LogP contribution in [0.5, 0.6) is 11.5 Å². The second-order valence-corrected chi connectivity index (χ2v) is 7.70. The van der Waals surface area contributed by atoms with E-state index < -0.39 is 0 Å². The van der Waals surface area contributed by atoms with Crippen molar-refractivity contribution in [3.05, 3.63) is 106 Å². The molecule has 0 bridgehead atoms. The van der Waals surface area contributed by atoms with Gasteiger partial charge in [0, 0.05) is 0 Å². The molecule has 0 aliphatic carbocycles. The molecule has 0 unspecified atom stereocenters. The van der Waals surface area contributed by atoms with Gasteiger partial charge in [-0.3, -0.25) is 9.59 Å². The zero-order chi connectivity index (χ0) is 22.2. The smallest absolute Gasteiger partial charge is 0.200 e. The molecule has 0 amide bonds.